The summed E-state index contributed by atoms with van der Waals surface area (Å²) in [6.07, 6.45) is 6.42. The van der Waals surface area contributed by atoms with Gasteiger partial charge in [0.15, 0.2) is 0 Å². The first-order valence-corrected chi connectivity index (χ1v) is 6.40. The Bertz CT molecular complexity index is 182. The normalized spacial score (nSPS) is 28.2. The van der Waals surface area contributed by atoms with Crippen LogP contribution < -0.4 is 5.73 Å². The summed E-state index contributed by atoms with van der Waals surface area (Å²) in [5, 5.41) is 0. The van der Waals surface area contributed by atoms with E-state index in [1.807, 2.05) is 0 Å². The lowest BCUT2D eigenvalue weighted by Gasteiger charge is -2.30. The number of nitrogens with zero attached hydrogens (tertiary/aromatic N) is 1. The third kappa shape index (κ3) is 4.49. The second kappa shape index (κ2) is 5.83. The molecule has 1 heterocycles. The van der Waals surface area contributed by atoms with Gasteiger partial charge in [0.05, 0.1) is 0 Å². The van der Waals surface area contributed by atoms with E-state index < -0.39 is 0 Å². The van der Waals surface area contributed by atoms with E-state index in [1.54, 1.807) is 0 Å². The summed E-state index contributed by atoms with van der Waals surface area (Å²) < 4.78 is 5.62. The van der Waals surface area contributed by atoms with Crippen molar-refractivity contribution in [3.05, 3.63) is 0 Å². The number of hydrogen-bond donors (Lipinski definition) is 1. The number of hydrogen-bond acceptors (Lipinski definition) is 3. The van der Waals surface area contributed by atoms with E-state index in [1.165, 1.54) is 45.2 Å². The molecule has 3 nitrogen and oxygen atoms in total. The molecular weight excluding hydrogens is 188 g/mol. The molecule has 0 aromatic heterocycles. The first-order chi connectivity index (χ1) is 7.34. The molecule has 1 saturated carbocycles. The van der Waals surface area contributed by atoms with Crippen molar-refractivity contribution in [3.63, 3.8) is 0 Å². The summed E-state index contributed by atoms with van der Waals surface area (Å²) in [7, 11) is 0. The maximum atomic E-state index is 5.93. The van der Waals surface area contributed by atoms with Gasteiger partial charge in [0.2, 0.25) is 0 Å². The molecule has 0 spiro atoms. The molecule has 0 radical (unpaired) electrons. The Labute approximate surface area is 93.0 Å². The van der Waals surface area contributed by atoms with Crippen LogP contribution in [0.15, 0.2) is 0 Å². The van der Waals surface area contributed by atoms with Gasteiger partial charge in [0, 0.05) is 32.3 Å². The molecule has 3 heteroatoms. The second-order valence-electron chi connectivity index (χ2n) is 5.07. The molecule has 0 amide bonds. The lowest BCUT2D eigenvalue weighted by Crippen LogP contribution is -2.43. The van der Waals surface area contributed by atoms with Crippen molar-refractivity contribution in [2.45, 2.75) is 38.1 Å². The van der Waals surface area contributed by atoms with Crippen molar-refractivity contribution < 1.29 is 4.74 Å². The molecule has 2 aliphatic rings. The van der Waals surface area contributed by atoms with Crippen LogP contribution in [0.4, 0.5) is 0 Å². The van der Waals surface area contributed by atoms with Gasteiger partial charge in [-0.2, -0.15) is 0 Å². The van der Waals surface area contributed by atoms with Gasteiger partial charge in [-0.15, -0.1) is 0 Å². The lowest BCUT2D eigenvalue weighted by atomic mass is 10.1. The van der Waals surface area contributed by atoms with Crippen molar-refractivity contribution in [1.82, 2.24) is 4.90 Å². The fourth-order valence-corrected chi connectivity index (χ4v) is 2.22. The number of ether oxygens (including phenoxy) is 1. The van der Waals surface area contributed by atoms with Crippen LogP contribution in [0, 0.1) is 5.92 Å². The summed E-state index contributed by atoms with van der Waals surface area (Å²) in [5.74, 6) is 0.897. The average Bonchev–Trinajstić information content (AvgIpc) is 3.01. The minimum atomic E-state index is 0.408. The van der Waals surface area contributed by atoms with E-state index in [2.05, 4.69) is 4.90 Å². The lowest BCUT2D eigenvalue weighted by molar-refractivity contribution is 0.107. The van der Waals surface area contributed by atoms with Gasteiger partial charge >= 0.3 is 0 Å². The van der Waals surface area contributed by atoms with E-state index in [4.69, 9.17) is 10.5 Å². The molecule has 0 aromatic rings. The maximum Gasteiger partial charge on any atom is 0.0494 e. The molecule has 0 aromatic carbocycles. The first-order valence-electron chi connectivity index (χ1n) is 6.40. The van der Waals surface area contributed by atoms with E-state index in [0.717, 1.165) is 25.7 Å². The van der Waals surface area contributed by atoms with Gasteiger partial charge in [0.1, 0.15) is 0 Å². The van der Waals surface area contributed by atoms with Gasteiger partial charge in [-0.3, -0.25) is 0 Å². The van der Waals surface area contributed by atoms with Gasteiger partial charge < -0.3 is 15.4 Å². The third-order valence-corrected chi connectivity index (χ3v) is 3.36. The second-order valence-corrected chi connectivity index (χ2v) is 5.07. The highest BCUT2D eigenvalue weighted by Gasteiger charge is 2.21. The molecule has 1 aliphatic carbocycles. The van der Waals surface area contributed by atoms with Crippen molar-refractivity contribution in [1.29, 1.82) is 0 Å². The van der Waals surface area contributed by atoms with Crippen LogP contribution in [0.1, 0.15) is 32.1 Å². The van der Waals surface area contributed by atoms with E-state index in [0.29, 0.717) is 6.04 Å². The molecule has 1 aliphatic heterocycles. The fraction of sp³-hybridized carbons (Fsp3) is 1.00. The van der Waals surface area contributed by atoms with Crippen LogP contribution in [0.2, 0.25) is 0 Å². The molecular formula is C12H24N2O. The fourth-order valence-electron chi connectivity index (χ4n) is 2.22. The predicted molar refractivity (Wildman–Crippen MR) is 61.8 cm³/mol. The molecule has 15 heavy (non-hydrogen) atoms. The highest BCUT2D eigenvalue weighted by molar-refractivity contribution is 4.75. The number of nitrogens with two attached hydrogens (primary N) is 1. The Morgan fingerprint density at radius 1 is 1.27 bits per heavy atom. The molecule has 88 valence electrons. The van der Waals surface area contributed by atoms with Gasteiger partial charge in [-0.25, -0.2) is 0 Å². The smallest absolute Gasteiger partial charge is 0.0494 e. The van der Waals surface area contributed by atoms with Crippen molar-refractivity contribution in [3.8, 4) is 0 Å². The van der Waals surface area contributed by atoms with Crippen LogP contribution in [0.5, 0.6) is 0 Å². The van der Waals surface area contributed by atoms with Crippen LogP contribution in [0.25, 0.3) is 0 Å². The predicted octanol–water partition coefficient (Wildman–Crippen LogP) is 1.23. The molecule has 1 unspecified atom stereocenters. The van der Waals surface area contributed by atoms with Gasteiger partial charge in [-0.1, -0.05) is 0 Å². The largest absolute Gasteiger partial charge is 0.381 e. The number of likely N-dealkylation sites (tertiary alicyclic amines) is 1. The summed E-state index contributed by atoms with van der Waals surface area (Å²) in [5.41, 5.74) is 5.93. The summed E-state index contributed by atoms with van der Waals surface area (Å²) in [6.45, 7) is 5.42. The topological polar surface area (TPSA) is 38.5 Å². The van der Waals surface area contributed by atoms with Gasteiger partial charge in [0.25, 0.3) is 0 Å². The Kier molecular flexibility index (Phi) is 4.42. The standard InChI is InChI=1S/C12H24N2O/c13-12-3-1-6-14(9-12)7-2-8-15-10-11-4-5-11/h11-12H,1-10,13H2. The first kappa shape index (κ1) is 11.4. The highest BCUT2D eigenvalue weighted by Crippen LogP contribution is 2.28. The Morgan fingerprint density at radius 2 is 2.13 bits per heavy atom. The zero-order valence-corrected chi connectivity index (χ0v) is 9.66. The quantitative estimate of drug-likeness (QED) is 0.673. The van der Waals surface area contributed by atoms with E-state index in [9.17, 15) is 0 Å². The molecule has 1 atom stereocenters. The maximum absolute atomic E-state index is 5.93. The van der Waals surface area contributed by atoms with E-state index in [-0.39, 0.29) is 0 Å². The Morgan fingerprint density at radius 3 is 2.87 bits per heavy atom. The third-order valence-electron chi connectivity index (χ3n) is 3.36. The highest BCUT2D eigenvalue weighted by atomic mass is 16.5. The molecule has 0 bridgehead atoms. The summed E-state index contributed by atoms with van der Waals surface area (Å²) in [6, 6.07) is 0.408. The molecule has 1 saturated heterocycles. The van der Waals surface area contributed by atoms with Crippen LogP contribution in [-0.2, 0) is 4.74 Å². The molecule has 2 fully saturated rings. The van der Waals surface area contributed by atoms with E-state index >= 15 is 0 Å². The van der Waals surface area contributed by atoms with Crippen LogP contribution in [-0.4, -0.2) is 43.8 Å². The van der Waals surface area contributed by atoms with Crippen molar-refractivity contribution in [2.75, 3.05) is 32.8 Å². The molecule has 2 N–H and O–H groups in total. The monoisotopic (exact) mass is 212 g/mol. The summed E-state index contributed by atoms with van der Waals surface area (Å²) in [4.78, 5) is 2.48. The Hall–Kier alpha value is -0.120. The van der Waals surface area contributed by atoms with Crippen LogP contribution in [0.3, 0.4) is 0 Å². The van der Waals surface area contributed by atoms with Crippen LogP contribution >= 0.6 is 0 Å². The number of piperidine rings is 1. The van der Waals surface area contributed by atoms with Crippen molar-refractivity contribution in [2.24, 2.45) is 11.7 Å². The molecule has 2 rings (SSSR count). The van der Waals surface area contributed by atoms with Gasteiger partial charge in [-0.05, 0) is 44.6 Å². The average molecular weight is 212 g/mol. The number of rotatable bonds is 6. The zero-order valence-electron chi connectivity index (χ0n) is 9.66. The van der Waals surface area contributed by atoms with Crippen molar-refractivity contribution >= 4 is 0 Å². The summed E-state index contributed by atoms with van der Waals surface area (Å²) >= 11 is 0. The minimum absolute atomic E-state index is 0.408. The zero-order chi connectivity index (χ0) is 10.5. The SMILES string of the molecule is NC1CCCN(CCCOCC2CC2)C1. The Balaban J connectivity index is 1.45. The minimum Gasteiger partial charge on any atom is -0.381 e.